The minimum Gasteiger partial charge on any atom is -0.497 e. The molecule has 24 heavy (non-hydrogen) atoms. The van der Waals surface area contributed by atoms with Crippen LogP contribution in [0.3, 0.4) is 0 Å². The molecule has 1 aromatic carbocycles. The SMILES string of the molecule is COc1cccc(C(CNC(=O)C(N)C2CCOCC2)N(C)C)c1. The highest BCUT2D eigenvalue weighted by molar-refractivity contribution is 5.81. The van der Waals surface area contributed by atoms with Gasteiger partial charge in [-0.25, -0.2) is 0 Å². The molecule has 1 aliphatic rings. The molecule has 0 spiro atoms. The van der Waals surface area contributed by atoms with Crippen LogP contribution >= 0.6 is 0 Å². The van der Waals surface area contributed by atoms with Crippen molar-refractivity contribution in [3.63, 3.8) is 0 Å². The first-order chi connectivity index (χ1) is 11.5. The van der Waals surface area contributed by atoms with Crippen LogP contribution in [-0.2, 0) is 9.53 Å². The van der Waals surface area contributed by atoms with E-state index in [1.165, 1.54) is 0 Å². The number of benzene rings is 1. The molecule has 2 atom stereocenters. The molecule has 3 N–H and O–H groups in total. The fourth-order valence-corrected chi connectivity index (χ4v) is 3.05. The van der Waals surface area contributed by atoms with E-state index in [0.29, 0.717) is 19.8 Å². The van der Waals surface area contributed by atoms with Gasteiger partial charge in [-0.15, -0.1) is 0 Å². The van der Waals surface area contributed by atoms with Gasteiger partial charge >= 0.3 is 0 Å². The number of hydrogen-bond acceptors (Lipinski definition) is 5. The minimum absolute atomic E-state index is 0.0611. The van der Waals surface area contributed by atoms with Crippen molar-refractivity contribution in [3.8, 4) is 5.75 Å². The van der Waals surface area contributed by atoms with Crippen molar-refractivity contribution < 1.29 is 14.3 Å². The third-order valence-corrected chi connectivity index (χ3v) is 4.65. The molecule has 1 saturated heterocycles. The standard InChI is InChI=1S/C18H29N3O3/c1-21(2)16(14-5-4-6-15(11-14)23-3)12-20-18(22)17(19)13-7-9-24-10-8-13/h4-6,11,13,16-17H,7-10,12,19H2,1-3H3,(H,20,22). The molecule has 2 unspecified atom stereocenters. The second-order valence-corrected chi connectivity index (χ2v) is 6.48. The van der Waals surface area contributed by atoms with Gasteiger partial charge in [0.1, 0.15) is 5.75 Å². The topological polar surface area (TPSA) is 76.8 Å². The van der Waals surface area contributed by atoms with Gasteiger partial charge < -0.3 is 25.4 Å². The normalized spacial score (nSPS) is 18.2. The Balaban J connectivity index is 1.96. The van der Waals surface area contributed by atoms with Crippen molar-refractivity contribution in [2.75, 3.05) is 41.0 Å². The van der Waals surface area contributed by atoms with Crippen LogP contribution < -0.4 is 15.8 Å². The first-order valence-electron chi connectivity index (χ1n) is 8.44. The number of nitrogens with two attached hydrogens (primary N) is 1. The Morgan fingerprint density at radius 3 is 2.75 bits per heavy atom. The van der Waals surface area contributed by atoms with Crippen LogP contribution in [0.5, 0.6) is 5.75 Å². The number of amides is 1. The molecule has 0 radical (unpaired) electrons. The van der Waals surface area contributed by atoms with Crippen LogP contribution in [-0.4, -0.2) is 57.8 Å². The Morgan fingerprint density at radius 1 is 1.42 bits per heavy atom. The molecular weight excluding hydrogens is 306 g/mol. The summed E-state index contributed by atoms with van der Waals surface area (Å²) in [5, 5.41) is 3.01. The van der Waals surface area contributed by atoms with Crippen LogP contribution in [0.4, 0.5) is 0 Å². The molecule has 134 valence electrons. The average Bonchev–Trinajstić information content (AvgIpc) is 2.61. The summed E-state index contributed by atoms with van der Waals surface area (Å²) in [7, 11) is 5.64. The molecule has 1 heterocycles. The first kappa shape index (κ1) is 18.7. The van der Waals surface area contributed by atoms with E-state index in [0.717, 1.165) is 24.2 Å². The van der Waals surface area contributed by atoms with Crippen molar-refractivity contribution in [2.45, 2.75) is 24.9 Å². The summed E-state index contributed by atoms with van der Waals surface area (Å²) >= 11 is 0. The van der Waals surface area contributed by atoms with Gasteiger partial charge in [0.25, 0.3) is 0 Å². The lowest BCUT2D eigenvalue weighted by Crippen LogP contribution is -2.48. The van der Waals surface area contributed by atoms with Crippen LogP contribution in [0, 0.1) is 5.92 Å². The summed E-state index contributed by atoms with van der Waals surface area (Å²) in [6, 6.07) is 7.50. The van der Waals surface area contributed by atoms with Crippen molar-refractivity contribution in [1.29, 1.82) is 0 Å². The number of ether oxygens (including phenoxy) is 2. The van der Waals surface area contributed by atoms with Gasteiger partial charge in [0, 0.05) is 19.8 Å². The van der Waals surface area contributed by atoms with Crippen LogP contribution in [0.2, 0.25) is 0 Å². The highest BCUT2D eigenvalue weighted by atomic mass is 16.5. The quantitative estimate of drug-likeness (QED) is 0.782. The van der Waals surface area contributed by atoms with Gasteiger partial charge in [0.15, 0.2) is 0 Å². The van der Waals surface area contributed by atoms with Crippen molar-refractivity contribution >= 4 is 5.91 Å². The molecule has 6 nitrogen and oxygen atoms in total. The molecular formula is C18H29N3O3. The van der Waals surface area contributed by atoms with E-state index in [-0.39, 0.29) is 17.9 Å². The molecule has 0 saturated carbocycles. The van der Waals surface area contributed by atoms with E-state index < -0.39 is 6.04 Å². The highest BCUT2D eigenvalue weighted by Gasteiger charge is 2.27. The Morgan fingerprint density at radius 2 is 2.12 bits per heavy atom. The maximum absolute atomic E-state index is 12.4. The average molecular weight is 335 g/mol. The van der Waals surface area contributed by atoms with Gasteiger partial charge in [-0.3, -0.25) is 4.79 Å². The number of carbonyl (C=O) groups excluding carboxylic acids is 1. The van der Waals surface area contributed by atoms with Gasteiger partial charge in [-0.1, -0.05) is 12.1 Å². The maximum atomic E-state index is 12.4. The van der Waals surface area contributed by atoms with E-state index >= 15 is 0 Å². The number of hydrogen-bond donors (Lipinski definition) is 2. The fourth-order valence-electron chi connectivity index (χ4n) is 3.05. The molecule has 2 rings (SSSR count). The monoisotopic (exact) mass is 335 g/mol. The molecule has 0 aromatic heterocycles. The Labute approximate surface area is 144 Å². The molecule has 0 aliphatic carbocycles. The van der Waals surface area contributed by atoms with Crippen LogP contribution in [0.15, 0.2) is 24.3 Å². The Hall–Kier alpha value is -1.63. The van der Waals surface area contributed by atoms with Gasteiger partial charge in [0.05, 0.1) is 19.2 Å². The van der Waals surface area contributed by atoms with Gasteiger partial charge in [0.2, 0.25) is 5.91 Å². The van der Waals surface area contributed by atoms with Crippen molar-refractivity contribution in [1.82, 2.24) is 10.2 Å². The third kappa shape index (κ3) is 4.93. The van der Waals surface area contributed by atoms with Crippen molar-refractivity contribution in [3.05, 3.63) is 29.8 Å². The smallest absolute Gasteiger partial charge is 0.237 e. The molecule has 1 amide bonds. The summed E-state index contributed by atoms with van der Waals surface area (Å²) in [5.74, 6) is 0.926. The number of methoxy groups -OCH3 is 1. The fraction of sp³-hybridized carbons (Fsp3) is 0.611. The number of rotatable bonds is 7. The number of likely N-dealkylation sites (N-methyl/N-ethyl adjacent to an activating group) is 1. The van der Waals surface area contributed by atoms with Gasteiger partial charge in [-0.2, -0.15) is 0 Å². The maximum Gasteiger partial charge on any atom is 0.237 e. The molecule has 1 aromatic rings. The predicted octanol–water partition coefficient (Wildman–Crippen LogP) is 1.17. The summed E-state index contributed by atoms with van der Waals surface area (Å²) in [6.07, 6.45) is 1.70. The lowest BCUT2D eigenvalue weighted by atomic mass is 9.92. The first-order valence-corrected chi connectivity index (χ1v) is 8.44. The van der Waals surface area contributed by atoms with E-state index in [9.17, 15) is 4.79 Å². The lowest BCUT2D eigenvalue weighted by molar-refractivity contribution is -0.124. The summed E-state index contributed by atoms with van der Waals surface area (Å²) in [5.41, 5.74) is 7.23. The molecule has 0 bridgehead atoms. The number of nitrogens with one attached hydrogen (secondary N) is 1. The van der Waals surface area contributed by atoms with Crippen molar-refractivity contribution in [2.24, 2.45) is 11.7 Å². The Bertz CT molecular complexity index is 530. The minimum atomic E-state index is -0.470. The summed E-state index contributed by atoms with van der Waals surface area (Å²) < 4.78 is 10.6. The van der Waals surface area contributed by atoms with E-state index in [4.69, 9.17) is 15.2 Å². The van der Waals surface area contributed by atoms with E-state index in [1.807, 2.05) is 38.4 Å². The predicted molar refractivity (Wildman–Crippen MR) is 94.0 cm³/mol. The Kier molecular flexibility index (Phi) is 7.02. The number of carbonyl (C=O) groups is 1. The number of nitrogens with zero attached hydrogens (tertiary/aromatic N) is 1. The highest BCUT2D eigenvalue weighted by Crippen LogP contribution is 2.22. The second-order valence-electron chi connectivity index (χ2n) is 6.48. The third-order valence-electron chi connectivity index (χ3n) is 4.65. The van der Waals surface area contributed by atoms with E-state index in [1.54, 1.807) is 7.11 Å². The zero-order chi connectivity index (χ0) is 17.5. The largest absolute Gasteiger partial charge is 0.497 e. The molecule has 6 heteroatoms. The molecule has 1 aliphatic heterocycles. The zero-order valence-corrected chi connectivity index (χ0v) is 14.8. The van der Waals surface area contributed by atoms with Crippen LogP contribution in [0.1, 0.15) is 24.4 Å². The lowest BCUT2D eigenvalue weighted by Gasteiger charge is -2.29. The zero-order valence-electron chi connectivity index (χ0n) is 14.8. The summed E-state index contributed by atoms with van der Waals surface area (Å²) in [4.78, 5) is 14.5. The van der Waals surface area contributed by atoms with Gasteiger partial charge in [-0.05, 0) is 50.6 Å². The summed E-state index contributed by atoms with van der Waals surface area (Å²) in [6.45, 7) is 1.89. The molecule has 1 fully saturated rings. The van der Waals surface area contributed by atoms with Crippen LogP contribution in [0.25, 0.3) is 0 Å². The van der Waals surface area contributed by atoms with E-state index in [2.05, 4.69) is 10.2 Å². The second kappa shape index (κ2) is 9.01.